The Kier molecular flexibility index (Phi) is 4.83. The van der Waals surface area contributed by atoms with Gasteiger partial charge in [-0.05, 0) is 42.8 Å². The number of alkyl halides is 2. The van der Waals surface area contributed by atoms with E-state index in [1.165, 1.54) is 18.3 Å². The van der Waals surface area contributed by atoms with Crippen LogP contribution in [-0.2, 0) is 11.2 Å². The van der Waals surface area contributed by atoms with Crippen molar-refractivity contribution in [2.45, 2.75) is 20.0 Å². The first kappa shape index (κ1) is 16.8. The van der Waals surface area contributed by atoms with Gasteiger partial charge in [-0.3, -0.25) is 14.8 Å². The van der Waals surface area contributed by atoms with Gasteiger partial charge < -0.3 is 10.1 Å². The Morgan fingerprint density at radius 1 is 1.20 bits per heavy atom. The summed E-state index contributed by atoms with van der Waals surface area (Å²) in [5.74, 6) is -0.237. The van der Waals surface area contributed by atoms with Crippen LogP contribution in [-0.4, -0.2) is 22.5 Å². The monoisotopic (exact) mass is 343 g/mol. The lowest BCUT2D eigenvalue weighted by molar-refractivity contribution is -0.115. The molecule has 128 valence electrons. The standard InChI is InChI=1S/C18H15F2N3O2/c1-11-4-5-12(10-22-11)9-16(24)23-14-6-7-15(25-18(19)20)13-3-2-8-21-17(13)14/h2-8,10,18H,9H2,1H3,(H,23,24). The lowest BCUT2D eigenvalue weighted by Crippen LogP contribution is -2.15. The SMILES string of the molecule is Cc1ccc(CC(=O)Nc2ccc(OC(F)F)c3cccnc23)cn1. The smallest absolute Gasteiger partial charge is 0.387 e. The summed E-state index contributed by atoms with van der Waals surface area (Å²) in [4.78, 5) is 20.6. The van der Waals surface area contributed by atoms with E-state index in [-0.39, 0.29) is 18.1 Å². The number of carbonyl (C=O) groups excluding carboxylic acids is 1. The van der Waals surface area contributed by atoms with Crippen LogP contribution in [0.5, 0.6) is 5.75 Å². The van der Waals surface area contributed by atoms with Gasteiger partial charge in [-0.25, -0.2) is 0 Å². The Morgan fingerprint density at radius 2 is 2.04 bits per heavy atom. The molecule has 0 radical (unpaired) electrons. The zero-order valence-corrected chi connectivity index (χ0v) is 13.4. The van der Waals surface area contributed by atoms with Crippen LogP contribution in [0, 0.1) is 6.92 Å². The van der Waals surface area contributed by atoms with Gasteiger partial charge in [0.05, 0.1) is 17.6 Å². The predicted molar refractivity (Wildman–Crippen MR) is 89.7 cm³/mol. The van der Waals surface area contributed by atoms with Crippen molar-refractivity contribution in [3.63, 3.8) is 0 Å². The molecule has 1 N–H and O–H groups in total. The molecule has 0 aliphatic heterocycles. The minimum Gasteiger partial charge on any atom is -0.434 e. The van der Waals surface area contributed by atoms with Crippen LogP contribution >= 0.6 is 0 Å². The van der Waals surface area contributed by atoms with Crippen LogP contribution in [0.3, 0.4) is 0 Å². The average Bonchev–Trinajstić information content (AvgIpc) is 2.59. The molecule has 0 saturated carbocycles. The number of fused-ring (bicyclic) bond motifs is 1. The molecule has 0 bridgehead atoms. The second-order valence-corrected chi connectivity index (χ2v) is 5.42. The maximum atomic E-state index is 12.5. The topological polar surface area (TPSA) is 64.1 Å². The number of aromatic nitrogens is 2. The van der Waals surface area contributed by atoms with Crippen molar-refractivity contribution in [2.75, 3.05) is 5.32 Å². The van der Waals surface area contributed by atoms with E-state index < -0.39 is 6.61 Å². The highest BCUT2D eigenvalue weighted by atomic mass is 19.3. The summed E-state index contributed by atoms with van der Waals surface area (Å²) in [5, 5.41) is 3.16. The van der Waals surface area contributed by atoms with Crippen LogP contribution < -0.4 is 10.1 Å². The quantitative estimate of drug-likeness (QED) is 0.767. The van der Waals surface area contributed by atoms with E-state index in [1.54, 1.807) is 18.3 Å². The number of hydrogen-bond acceptors (Lipinski definition) is 4. The van der Waals surface area contributed by atoms with Crippen molar-refractivity contribution < 1.29 is 18.3 Å². The maximum Gasteiger partial charge on any atom is 0.387 e. The minimum absolute atomic E-state index is 0.0128. The van der Waals surface area contributed by atoms with E-state index in [0.717, 1.165) is 11.3 Å². The molecule has 0 unspecified atom stereocenters. The van der Waals surface area contributed by atoms with Crippen molar-refractivity contribution in [1.29, 1.82) is 0 Å². The number of anilines is 1. The van der Waals surface area contributed by atoms with Gasteiger partial charge in [0.25, 0.3) is 0 Å². The lowest BCUT2D eigenvalue weighted by atomic mass is 10.1. The minimum atomic E-state index is -2.93. The van der Waals surface area contributed by atoms with Crippen molar-refractivity contribution in [3.05, 3.63) is 60.0 Å². The third-order valence-electron chi connectivity index (χ3n) is 3.56. The summed E-state index contributed by atoms with van der Waals surface area (Å²) in [6.45, 7) is -1.07. The molecule has 3 aromatic rings. The summed E-state index contributed by atoms with van der Waals surface area (Å²) >= 11 is 0. The van der Waals surface area contributed by atoms with Crippen molar-refractivity contribution >= 4 is 22.5 Å². The van der Waals surface area contributed by atoms with Gasteiger partial charge in [-0.15, -0.1) is 0 Å². The summed E-state index contributed by atoms with van der Waals surface area (Å²) in [6, 6.07) is 9.77. The fourth-order valence-corrected chi connectivity index (χ4v) is 2.43. The lowest BCUT2D eigenvalue weighted by Gasteiger charge is -2.12. The number of pyridine rings is 2. The molecule has 0 atom stereocenters. The molecule has 0 aliphatic carbocycles. The first-order valence-electron chi connectivity index (χ1n) is 7.57. The fourth-order valence-electron chi connectivity index (χ4n) is 2.43. The number of aryl methyl sites for hydroxylation is 1. The fraction of sp³-hybridized carbons (Fsp3) is 0.167. The van der Waals surface area contributed by atoms with Crippen LogP contribution in [0.4, 0.5) is 14.5 Å². The summed E-state index contributed by atoms with van der Waals surface area (Å²) < 4.78 is 29.5. The number of amides is 1. The summed E-state index contributed by atoms with van der Waals surface area (Å²) in [7, 11) is 0. The van der Waals surface area contributed by atoms with Crippen LogP contribution in [0.1, 0.15) is 11.3 Å². The molecule has 1 aromatic carbocycles. The van der Waals surface area contributed by atoms with Crippen LogP contribution in [0.25, 0.3) is 10.9 Å². The number of carbonyl (C=O) groups is 1. The molecule has 2 heterocycles. The van der Waals surface area contributed by atoms with Crippen LogP contribution in [0.15, 0.2) is 48.8 Å². The molecule has 5 nitrogen and oxygen atoms in total. The van der Waals surface area contributed by atoms with Crippen LogP contribution in [0.2, 0.25) is 0 Å². The number of benzene rings is 1. The Balaban J connectivity index is 1.83. The zero-order valence-electron chi connectivity index (χ0n) is 13.4. The van der Waals surface area contributed by atoms with Crippen molar-refractivity contribution in [1.82, 2.24) is 9.97 Å². The van der Waals surface area contributed by atoms with E-state index in [9.17, 15) is 13.6 Å². The third-order valence-corrected chi connectivity index (χ3v) is 3.56. The zero-order chi connectivity index (χ0) is 17.8. The second kappa shape index (κ2) is 7.21. The van der Waals surface area contributed by atoms with Gasteiger partial charge in [0.2, 0.25) is 5.91 Å². The first-order chi connectivity index (χ1) is 12.0. The number of rotatable bonds is 5. The second-order valence-electron chi connectivity index (χ2n) is 5.42. The molecule has 0 spiro atoms. The van der Waals surface area contributed by atoms with Gasteiger partial charge >= 0.3 is 6.61 Å². The van der Waals surface area contributed by atoms with Crippen molar-refractivity contribution in [3.8, 4) is 5.75 Å². The molecule has 1 amide bonds. The molecule has 2 aromatic heterocycles. The summed E-state index contributed by atoms with van der Waals surface area (Å²) in [6.07, 6.45) is 3.32. The van der Waals surface area contributed by atoms with E-state index in [0.29, 0.717) is 16.6 Å². The number of halogens is 2. The van der Waals surface area contributed by atoms with Gasteiger partial charge in [0.1, 0.15) is 5.75 Å². The molecule has 0 fully saturated rings. The highest BCUT2D eigenvalue weighted by molar-refractivity contribution is 6.02. The highest BCUT2D eigenvalue weighted by Crippen LogP contribution is 2.31. The van der Waals surface area contributed by atoms with Gasteiger partial charge in [-0.1, -0.05) is 6.07 Å². The van der Waals surface area contributed by atoms with E-state index in [1.807, 2.05) is 19.1 Å². The maximum absolute atomic E-state index is 12.5. The van der Waals surface area contributed by atoms with Crippen molar-refractivity contribution in [2.24, 2.45) is 0 Å². The molecular formula is C18H15F2N3O2. The number of ether oxygens (including phenoxy) is 1. The number of nitrogens with one attached hydrogen (secondary N) is 1. The van der Waals surface area contributed by atoms with Gasteiger partial charge in [0, 0.05) is 23.5 Å². The molecular weight excluding hydrogens is 328 g/mol. The molecule has 7 heteroatoms. The van der Waals surface area contributed by atoms with Gasteiger partial charge in [-0.2, -0.15) is 8.78 Å². The van der Waals surface area contributed by atoms with E-state index >= 15 is 0 Å². The summed E-state index contributed by atoms with van der Waals surface area (Å²) in [5.41, 5.74) is 2.46. The average molecular weight is 343 g/mol. The molecule has 25 heavy (non-hydrogen) atoms. The van der Waals surface area contributed by atoms with Gasteiger partial charge in [0.15, 0.2) is 0 Å². The van der Waals surface area contributed by atoms with E-state index in [2.05, 4.69) is 20.0 Å². The predicted octanol–water partition coefficient (Wildman–Crippen LogP) is 3.72. The number of hydrogen-bond donors (Lipinski definition) is 1. The van der Waals surface area contributed by atoms with E-state index in [4.69, 9.17) is 0 Å². The Bertz CT molecular complexity index is 898. The third kappa shape index (κ3) is 4.06. The first-order valence-corrected chi connectivity index (χ1v) is 7.57. The number of nitrogens with zero attached hydrogens (tertiary/aromatic N) is 2. The normalized spacial score (nSPS) is 10.9. The Morgan fingerprint density at radius 3 is 2.76 bits per heavy atom. The Labute approximate surface area is 142 Å². The Hall–Kier alpha value is -3.09. The highest BCUT2D eigenvalue weighted by Gasteiger charge is 2.13. The molecule has 0 aliphatic rings. The molecule has 3 rings (SSSR count). The molecule has 0 saturated heterocycles. The largest absolute Gasteiger partial charge is 0.434 e.